The topological polar surface area (TPSA) is 63.7 Å². The molecule has 1 aromatic carbocycles. The van der Waals surface area contributed by atoms with Gasteiger partial charge in [0.15, 0.2) is 8.32 Å². The monoisotopic (exact) mass is 313 g/mol. The quantitative estimate of drug-likeness (QED) is 0.777. The largest absolute Gasteiger partial charge is 0.417 e. The van der Waals surface area contributed by atoms with E-state index < -0.39 is 18.3 Å². The first-order valence-corrected chi connectivity index (χ1v) is 11.5. The van der Waals surface area contributed by atoms with E-state index in [0.717, 1.165) is 9.87 Å². The molecule has 20 heavy (non-hydrogen) atoms. The summed E-state index contributed by atoms with van der Waals surface area (Å²) >= 11 is 0. The van der Waals surface area contributed by atoms with E-state index in [0.29, 0.717) is 5.69 Å². The van der Waals surface area contributed by atoms with Gasteiger partial charge in [-0.25, -0.2) is 12.7 Å². The molecular weight excluding hydrogens is 294 g/mol. The Hall–Kier alpha value is -1.18. The SMILES string of the molecule is C[Si](C)(C)OCCS(=O)(=O)N1C(=O)Cc2ccccc21. The summed E-state index contributed by atoms with van der Waals surface area (Å²) in [4.78, 5) is 12.0. The van der Waals surface area contributed by atoms with Crippen LogP contribution in [0.3, 0.4) is 0 Å². The van der Waals surface area contributed by atoms with Crippen molar-refractivity contribution in [2.24, 2.45) is 0 Å². The standard InChI is InChI=1S/C13H19NO4SSi/c1-20(2,3)18-8-9-19(16,17)14-12-7-5-4-6-11(12)10-13(14)15/h4-7H,8-10H2,1-3H3. The van der Waals surface area contributed by atoms with Gasteiger partial charge >= 0.3 is 0 Å². The maximum Gasteiger partial charge on any atom is 0.245 e. The predicted molar refractivity (Wildman–Crippen MR) is 80.7 cm³/mol. The summed E-state index contributed by atoms with van der Waals surface area (Å²) in [6, 6.07) is 6.98. The lowest BCUT2D eigenvalue weighted by Gasteiger charge is -2.20. The number of fused-ring (bicyclic) bond motifs is 1. The normalized spacial score (nSPS) is 15.6. The number of amides is 1. The van der Waals surface area contributed by atoms with Crippen molar-refractivity contribution in [3.63, 3.8) is 0 Å². The zero-order valence-electron chi connectivity index (χ0n) is 11.9. The van der Waals surface area contributed by atoms with E-state index in [2.05, 4.69) is 0 Å². The van der Waals surface area contributed by atoms with Crippen molar-refractivity contribution in [2.45, 2.75) is 26.1 Å². The van der Waals surface area contributed by atoms with Crippen molar-refractivity contribution < 1.29 is 17.6 Å². The van der Waals surface area contributed by atoms with Crippen LogP contribution in [-0.4, -0.2) is 35.0 Å². The van der Waals surface area contributed by atoms with E-state index in [4.69, 9.17) is 4.43 Å². The van der Waals surface area contributed by atoms with Gasteiger partial charge in [-0.15, -0.1) is 0 Å². The molecule has 7 heteroatoms. The molecular formula is C13H19NO4SSi. The molecule has 0 radical (unpaired) electrons. The molecule has 2 rings (SSSR count). The summed E-state index contributed by atoms with van der Waals surface area (Å²) in [7, 11) is -5.42. The van der Waals surface area contributed by atoms with Crippen LogP contribution in [0.15, 0.2) is 24.3 Å². The van der Waals surface area contributed by atoms with Crippen LogP contribution in [0.5, 0.6) is 0 Å². The summed E-state index contributed by atoms with van der Waals surface area (Å²) in [5, 5.41) is 0. The molecule has 1 aromatic rings. The van der Waals surface area contributed by atoms with E-state index in [1.54, 1.807) is 24.3 Å². The first kappa shape index (κ1) is 15.2. The molecule has 110 valence electrons. The Bertz CT molecular complexity index is 622. The summed E-state index contributed by atoms with van der Waals surface area (Å²) in [5.74, 6) is -0.559. The van der Waals surface area contributed by atoms with Crippen molar-refractivity contribution in [3.05, 3.63) is 29.8 Å². The van der Waals surface area contributed by atoms with E-state index in [1.165, 1.54) is 0 Å². The van der Waals surface area contributed by atoms with Gasteiger partial charge in [0, 0.05) is 6.61 Å². The summed E-state index contributed by atoms with van der Waals surface area (Å²) in [6.07, 6.45) is 0.143. The highest BCUT2D eigenvalue weighted by Crippen LogP contribution is 2.31. The Morgan fingerprint density at radius 2 is 1.90 bits per heavy atom. The smallest absolute Gasteiger partial charge is 0.245 e. The molecule has 0 bridgehead atoms. The maximum atomic E-state index is 12.3. The van der Waals surface area contributed by atoms with Gasteiger partial charge in [-0.05, 0) is 31.3 Å². The van der Waals surface area contributed by atoms with Gasteiger partial charge in [0.2, 0.25) is 15.9 Å². The third kappa shape index (κ3) is 3.28. The van der Waals surface area contributed by atoms with Crippen molar-refractivity contribution in [1.82, 2.24) is 0 Å². The molecule has 1 heterocycles. The second kappa shape index (κ2) is 5.31. The average molecular weight is 313 g/mol. The zero-order valence-corrected chi connectivity index (χ0v) is 13.7. The fraction of sp³-hybridized carbons (Fsp3) is 0.462. The molecule has 0 aromatic heterocycles. The van der Waals surface area contributed by atoms with Crippen LogP contribution in [0.25, 0.3) is 0 Å². The van der Waals surface area contributed by atoms with Crippen LogP contribution in [0.1, 0.15) is 5.56 Å². The predicted octanol–water partition coefficient (Wildman–Crippen LogP) is 1.76. The number of hydrogen-bond acceptors (Lipinski definition) is 4. The highest BCUT2D eigenvalue weighted by atomic mass is 32.2. The van der Waals surface area contributed by atoms with Gasteiger partial charge in [-0.2, -0.15) is 0 Å². The average Bonchev–Trinajstić information content (AvgIpc) is 2.63. The lowest BCUT2D eigenvalue weighted by molar-refractivity contribution is -0.116. The number of sulfonamides is 1. The molecule has 1 aliphatic heterocycles. The Kier molecular flexibility index (Phi) is 4.04. The fourth-order valence-corrected chi connectivity index (χ4v) is 4.27. The number of rotatable bonds is 5. The van der Waals surface area contributed by atoms with E-state index in [1.807, 2.05) is 19.6 Å². The number of carbonyl (C=O) groups excluding carboxylic acids is 1. The van der Waals surface area contributed by atoms with E-state index in [9.17, 15) is 13.2 Å². The molecule has 0 atom stereocenters. The molecule has 0 saturated carbocycles. The van der Waals surface area contributed by atoms with Crippen molar-refractivity contribution in [3.8, 4) is 0 Å². The lowest BCUT2D eigenvalue weighted by Crippen LogP contribution is -2.38. The van der Waals surface area contributed by atoms with Crippen molar-refractivity contribution in [1.29, 1.82) is 0 Å². The van der Waals surface area contributed by atoms with Crippen LogP contribution in [0, 0.1) is 0 Å². The van der Waals surface area contributed by atoms with Crippen LogP contribution in [0.4, 0.5) is 5.69 Å². The Labute approximate surface area is 120 Å². The van der Waals surface area contributed by atoms with Gasteiger partial charge in [-0.1, -0.05) is 18.2 Å². The molecule has 1 amide bonds. The summed E-state index contributed by atoms with van der Waals surface area (Å²) in [6.45, 7) is 6.12. The lowest BCUT2D eigenvalue weighted by atomic mass is 10.2. The Morgan fingerprint density at radius 3 is 2.55 bits per heavy atom. The first-order chi connectivity index (χ1) is 9.21. The molecule has 0 saturated heterocycles. The minimum Gasteiger partial charge on any atom is -0.417 e. The summed E-state index contributed by atoms with van der Waals surface area (Å²) in [5.41, 5.74) is 1.23. The van der Waals surface area contributed by atoms with Gasteiger partial charge in [0.25, 0.3) is 0 Å². The molecule has 0 N–H and O–H groups in total. The molecule has 5 nitrogen and oxygen atoms in total. The van der Waals surface area contributed by atoms with Crippen LogP contribution in [0.2, 0.25) is 19.6 Å². The molecule has 0 fully saturated rings. The number of nitrogens with zero attached hydrogens (tertiary/aromatic N) is 1. The van der Waals surface area contributed by atoms with Gasteiger partial charge in [0.1, 0.15) is 0 Å². The molecule has 1 aliphatic rings. The number of hydrogen-bond donors (Lipinski definition) is 0. The van der Waals surface area contributed by atoms with Gasteiger partial charge < -0.3 is 4.43 Å². The van der Waals surface area contributed by atoms with Crippen LogP contribution < -0.4 is 4.31 Å². The summed E-state index contributed by atoms with van der Waals surface area (Å²) < 4.78 is 31.2. The van der Waals surface area contributed by atoms with Crippen LogP contribution in [-0.2, 0) is 25.7 Å². The van der Waals surface area contributed by atoms with Crippen molar-refractivity contribution in [2.75, 3.05) is 16.7 Å². The minimum absolute atomic E-state index is 0.129. The van der Waals surface area contributed by atoms with Crippen molar-refractivity contribution >= 4 is 29.9 Å². The molecule has 0 unspecified atom stereocenters. The maximum absolute atomic E-state index is 12.3. The van der Waals surface area contributed by atoms with E-state index in [-0.39, 0.29) is 24.7 Å². The highest BCUT2D eigenvalue weighted by molar-refractivity contribution is 7.93. The Balaban J connectivity index is 2.16. The second-order valence-electron chi connectivity index (χ2n) is 5.74. The number of anilines is 1. The van der Waals surface area contributed by atoms with Gasteiger partial charge in [-0.3, -0.25) is 4.79 Å². The fourth-order valence-electron chi connectivity index (χ4n) is 2.08. The van der Waals surface area contributed by atoms with E-state index >= 15 is 0 Å². The van der Waals surface area contributed by atoms with Crippen LogP contribution >= 0.6 is 0 Å². The Morgan fingerprint density at radius 1 is 1.25 bits per heavy atom. The minimum atomic E-state index is -3.66. The number of benzene rings is 1. The highest BCUT2D eigenvalue weighted by Gasteiger charge is 2.36. The number of carbonyl (C=O) groups is 1. The third-order valence-electron chi connectivity index (χ3n) is 2.93. The van der Waals surface area contributed by atoms with Gasteiger partial charge in [0.05, 0.1) is 17.9 Å². The molecule has 0 spiro atoms. The first-order valence-electron chi connectivity index (χ1n) is 6.48. The molecule has 0 aliphatic carbocycles. The zero-order chi connectivity index (χ0) is 15.0. The third-order valence-corrected chi connectivity index (χ3v) is 5.64. The second-order valence-corrected chi connectivity index (χ2v) is 12.2. The number of para-hydroxylation sites is 1.